The van der Waals surface area contributed by atoms with E-state index in [1.807, 2.05) is 11.8 Å². The van der Waals surface area contributed by atoms with Crippen LogP contribution in [0.4, 0.5) is 0 Å². The van der Waals surface area contributed by atoms with Crippen LogP contribution in [0.5, 0.6) is 5.75 Å². The van der Waals surface area contributed by atoms with Crippen LogP contribution < -0.4 is 10.1 Å². The molecule has 0 aromatic heterocycles. The Morgan fingerprint density at radius 3 is 2.58 bits per heavy atom. The summed E-state index contributed by atoms with van der Waals surface area (Å²) < 4.78 is 5.20. The van der Waals surface area contributed by atoms with Gasteiger partial charge in [0.1, 0.15) is 5.75 Å². The Morgan fingerprint density at radius 1 is 1.26 bits per heavy atom. The Hall–Kier alpha value is -0.670. The van der Waals surface area contributed by atoms with Crippen molar-refractivity contribution in [3.05, 3.63) is 29.8 Å². The number of thioether (sulfide) groups is 1. The van der Waals surface area contributed by atoms with Crippen LogP contribution in [0.25, 0.3) is 0 Å². The molecule has 1 aromatic carbocycles. The fraction of sp³-hybridized carbons (Fsp3) is 0.625. The molecule has 0 aliphatic carbocycles. The van der Waals surface area contributed by atoms with E-state index in [0.717, 1.165) is 31.2 Å². The molecule has 0 amide bonds. The Bertz CT molecular complexity index is 326. The summed E-state index contributed by atoms with van der Waals surface area (Å²) in [5.41, 5.74) is 1.41. The predicted octanol–water partition coefficient (Wildman–Crippen LogP) is 3.61. The summed E-state index contributed by atoms with van der Waals surface area (Å²) in [5, 5.41) is 3.49. The average Bonchev–Trinajstić information content (AvgIpc) is 2.45. The van der Waals surface area contributed by atoms with Gasteiger partial charge in [-0.25, -0.2) is 0 Å². The number of hydrogen-bond acceptors (Lipinski definition) is 3. The molecule has 0 saturated carbocycles. The minimum Gasteiger partial charge on any atom is -0.497 e. The van der Waals surface area contributed by atoms with Gasteiger partial charge in [-0.15, -0.1) is 0 Å². The smallest absolute Gasteiger partial charge is 0.118 e. The van der Waals surface area contributed by atoms with E-state index in [-0.39, 0.29) is 0 Å². The number of ether oxygens (including phenoxy) is 1. The van der Waals surface area contributed by atoms with Crippen molar-refractivity contribution in [3.8, 4) is 5.75 Å². The SMILES string of the molecule is CCNCC(CCCSC)Cc1ccc(OC)cc1. The van der Waals surface area contributed by atoms with Gasteiger partial charge >= 0.3 is 0 Å². The molecular weight excluding hydrogens is 254 g/mol. The zero-order valence-electron chi connectivity index (χ0n) is 12.4. The summed E-state index contributed by atoms with van der Waals surface area (Å²) in [5.74, 6) is 2.94. The van der Waals surface area contributed by atoms with Gasteiger partial charge < -0.3 is 10.1 Å². The zero-order valence-corrected chi connectivity index (χ0v) is 13.3. The molecule has 0 radical (unpaired) electrons. The molecule has 1 N–H and O–H groups in total. The third-order valence-electron chi connectivity index (χ3n) is 3.33. The van der Waals surface area contributed by atoms with E-state index >= 15 is 0 Å². The van der Waals surface area contributed by atoms with Crippen LogP contribution in [0, 0.1) is 5.92 Å². The average molecular weight is 281 g/mol. The van der Waals surface area contributed by atoms with Crippen molar-refractivity contribution in [2.24, 2.45) is 5.92 Å². The third-order valence-corrected chi connectivity index (χ3v) is 4.02. The number of hydrogen-bond donors (Lipinski definition) is 1. The first-order valence-electron chi connectivity index (χ1n) is 7.12. The third kappa shape index (κ3) is 6.88. The van der Waals surface area contributed by atoms with Gasteiger partial charge in [0.15, 0.2) is 0 Å². The van der Waals surface area contributed by atoms with Crippen molar-refractivity contribution >= 4 is 11.8 Å². The molecule has 0 spiro atoms. The van der Waals surface area contributed by atoms with E-state index in [1.54, 1.807) is 7.11 Å². The lowest BCUT2D eigenvalue weighted by molar-refractivity contribution is 0.414. The molecule has 2 nitrogen and oxygen atoms in total. The second-order valence-electron chi connectivity index (χ2n) is 4.86. The molecule has 0 aliphatic rings. The largest absolute Gasteiger partial charge is 0.497 e. The molecular formula is C16H27NOS. The minimum atomic E-state index is 0.737. The Kier molecular flexibility index (Phi) is 8.76. The summed E-state index contributed by atoms with van der Waals surface area (Å²) in [6.07, 6.45) is 5.96. The van der Waals surface area contributed by atoms with Crippen molar-refractivity contribution in [3.63, 3.8) is 0 Å². The van der Waals surface area contributed by atoms with Crippen molar-refractivity contribution in [1.29, 1.82) is 0 Å². The van der Waals surface area contributed by atoms with E-state index in [1.165, 1.54) is 24.2 Å². The second-order valence-corrected chi connectivity index (χ2v) is 5.85. The van der Waals surface area contributed by atoms with Crippen LogP contribution in [0.1, 0.15) is 25.3 Å². The van der Waals surface area contributed by atoms with Crippen LogP contribution in [0.3, 0.4) is 0 Å². The molecule has 1 rings (SSSR count). The summed E-state index contributed by atoms with van der Waals surface area (Å²) in [7, 11) is 1.71. The van der Waals surface area contributed by atoms with Crippen LogP contribution in [0.15, 0.2) is 24.3 Å². The van der Waals surface area contributed by atoms with Gasteiger partial charge in [0.25, 0.3) is 0 Å². The van der Waals surface area contributed by atoms with E-state index in [9.17, 15) is 0 Å². The standard InChI is InChI=1S/C16H27NOS/c1-4-17-13-15(6-5-11-19-3)12-14-7-9-16(18-2)10-8-14/h7-10,15,17H,4-6,11-13H2,1-3H3. The molecule has 1 unspecified atom stereocenters. The van der Waals surface area contributed by atoms with Gasteiger partial charge in [0.2, 0.25) is 0 Å². The van der Waals surface area contributed by atoms with Crippen LogP contribution >= 0.6 is 11.8 Å². The molecule has 108 valence electrons. The molecule has 0 heterocycles. The highest BCUT2D eigenvalue weighted by Gasteiger charge is 2.09. The molecule has 0 fully saturated rings. The second kappa shape index (κ2) is 10.2. The van der Waals surface area contributed by atoms with Crippen molar-refractivity contribution in [1.82, 2.24) is 5.32 Å². The fourth-order valence-corrected chi connectivity index (χ4v) is 2.69. The maximum atomic E-state index is 5.20. The molecule has 1 atom stereocenters. The highest BCUT2D eigenvalue weighted by Crippen LogP contribution is 2.18. The zero-order chi connectivity index (χ0) is 13.9. The highest BCUT2D eigenvalue weighted by molar-refractivity contribution is 7.98. The topological polar surface area (TPSA) is 21.3 Å². The van der Waals surface area contributed by atoms with E-state index in [0.29, 0.717) is 0 Å². The van der Waals surface area contributed by atoms with Crippen molar-refractivity contribution < 1.29 is 4.74 Å². The number of rotatable bonds is 10. The van der Waals surface area contributed by atoms with Gasteiger partial charge in [-0.05, 0) is 68.0 Å². The lowest BCUT2D eigenvalue weighted by Crippen LogP contribution is -2.24. The van der Waals surface area contributed by atoms with E-state index in [4.69, 9.17) is 4.74 Å². The van der Waals surface area contributed by atoms with Crippen LogP contribution in [0.2, 0.25) is 0 Å². The maximum absolute atomic E-state index is 5.20. The molecule has 0 aliphatic heterocycles. The number of benzene rings is 1. The van der Waals surface area contributed by atoms with Crippen molar-refractivity contribution in [2.45, 2.75) is 26.2 Å². The lowest BCUT2D eigenvalue weighted by Gasteiger charge is -2.17. The lowest BCUT2D eigenvalue weighted by atomic mass is 9.95. The minimum absolute atomic E-state index is 0.737. The molecule has 19 heavy (non-hydrogen) atoms. The van der Waals surface area contributed by atoms with Gasteiger partial charge in [-0.3, -0.25) is 0 Å². The van der Waals surface area contributed by atoms with E-state index < -0.39 is 0 Å². The first-order chi connectivity index (χ1) is 9.30. The van der Waals surface area contributed by atoms with E-state index in [2.05, 4.69) is 42.8 Å². The predicted molar refractivity (Wildman–Crippen MR) is 86.3 cm³/mol. The summed E-state index contributed by atoms with van der Waals surface area (Å²) in [4.78, 5) is 0. The maximum Gasteiger partial charge on any atom is 0.118 e. The molecule has 1 aromatic rings. The molecule has 0 bridgehead atoms. The summed E-state index contributed by atoms with van der Waals surface area (Å²) in [6.45, 7) is 4.35. The Labute approximate surface area is 122 Å². The first kappa shape index (κ1) is 16.4. The van der Waals surface area contributed by atoms with Crippen molar-refractivity contribution in [2.75, 3.05) is 32.2 Å². The summed E-state index contributed by atoms with van der Waals surface area (Å²) >= 11 is 1.94. The Morgan fingerprint density at radius 2 is 2.00 bits per heavy atom. The fourth-order valence-electron chi connectivity index (χ4n) is 2.24. The monoisotopic (exact) mass is 281 g/mol. The van der Waals surface area contributed by atoms with Gasteiger partial charge in [-0.1, -0.05) is 19.1 Å². The van der Waals surface area contributed by atoms with Gasteiger partial charge in [0, 0.05) is 0 Å². The van der Waals surface area contributed by atoms with Gasteiger partial charge in [0.05, 0.1) is 7.11 Å². The normalized spacial score (nSPS) is 12.4. The van der Waals surface area contributed by atoms with Gasteiger partial charge in [-0.2, -0.15) is 11.8 Å². The quantitative estimate of drug-likeness (QED) is 0.662. The summed E-state index contributed by atoms with van der Waals surface area (Å²) in [6, 6.07) is 8.49. The highest BCUT2D eigenvalue weighted by atomic mass is 32.2. The first-order valence-corrected chi connectivity index (χ1v) is 8.52. The number of nitrogens with one attached hydrogen (secondary N) is 1. The molecule has 3 heteroatoms. The number of methoxy groups -OCH3 is 1. The van der Waals surface area contributed by atoms with Crippen LogP contribution in [-0.4, -0.2) is 32.2 Å². The Balaban J connectivity index is 2.48. The van der Waals surface area contributed by atoms with Crippen LogP contribution in [-0.2, 0) is 6.42 Å². The molecule has 0 saturated heterocycles.